The molecule has 1 aliphatic rings. The van der Waals surface area contributed by atoms with Crippen molar-refractivity contribution in [2.24, 2.45) is 0 Å². The molecule has 2 unspecified atom stereocenters. The highest BCUT2D eigenvalue weighted by atomic mass is 16.7. The van der Waals surface area contributed by atoms with Crippen LogP contribution >= 0.6 is 0 Å². The molecule has 12 nitrogen and oxygen atoms in total. The molecule has 12 heteroatoms. The van der Waals surface area contributed by atoms with E-state index >= 15 is 0 Å². The summed E-state index contributed by atoms with van der Waals surface area (Å²) in [5.41, 5.74) is 0.263. The molecule has 2 aromatic rings. The third kappa shape index (κ3) is 7.42. The zero-order valence-electron chi connectivity index (χ0n) is 21.4. The standard InChI is InChI=1S/C26H28N4O8/c1-16(18-7-5-17(14-27)6-8-18)28-23(31)22-13-21(15-29(22)24(32)38-26(2,3)4)37-25(33)36-20-11-9-19(10-12-20)30(34)35/h5-12,16,21-22H,13,15H2,1-4H3,(H,28,31)/t16-,21?,22?/m0/s1. The lowest BCUT2D eigenvalue weighted by Gasteiger charge is -2.28. The van der Waals surface area contributed by atoms with E-state index in [1.807, 2.05) is 6.07 Å². The Hall–Kier alpha value is -4.66. The average Bonchev–Trinajstić information content (AvgIpc) is 3.27. The third-order valence-corrected chi connectivity index (χ3v) is 5.60. The van der Waals surface area contributed by atoms with E-state index in [0.29, 0.717) is 5.56 Å². The Morgan fingerprint density at radius 2 is 1.76 bits per heavy atom. The van der Waals surface area contributed by atoms with Crippen LogP contribution in [0.2, 0.25) is 0 Å². The molecule has 0 radical (unpaired) electrons. The zero-order valence-corrected chi connectivity index (χ0v) is 21.4. The van der Waals surface area contributed by atoms with E-state index in [0.717, 1.165) is 5.56 Å². The van der Waals surface area contributed by atoms with E-state index in [-0.39, 0.29) is 24.4 Å². The second-order valence-electron chi connectivity index (χ2n) is 9.69. The van der Waals surface area contributed by atoms with E-state index in [1.54, 1.807) is 52.0 Å². The Balaban J connectivity index is 1.69. The molecule has 38 heavy (non-hydrogen) atoms. The largest absolute Gasteiger partial charge is 0.514 e. The normalized spacial score (nSPS) is 17.6. The molecule has 0 saturated carbocycles. The summed E-state index contributed by atoms with van der Waals surface area (Å²) in [4.78, 5) is 49.8. The Labute approximate surface area is 219 Å². The summed E-state index contributed by atoms with van der Waals surface area (Å²) >= 11 is 0. The average molecular weight is 525 g/mol. The van der Waals surface area contributed by atoms with Gasteiger partial charge in [0.15, 0.2) is 0 Å². The van der Waals surface area contributed by atoms with Crippen LogP contribution in [0.5, 0.6) is 5.75 Å². The number of nitrogens with one attached hydrogen (secondary N) is 1. The highest BCUT2D eigenvalue weighted by Gasteiger charge is 2.43. The van der Waals surface area contributed by atoms with Crippen molar-refractivity contribution in [2.75, 3.05) is 6.54 Å². The predicted octanol–water partition coefficient (Wildman–Crippen LogP) is 4.24. The van der Waals surface area contributed by atoms with Gasteiger partial charge in [-0.2, -0.15) is 5.26 Å². The number of non-ortho nitro benzene ring substituents is 1. The highest BCUT2D eigenvalue weighted by molar-refractivity contribution is 5.87. The summed E-state index contributed by atoms with van der Waals surface area (Å²) < 4.78 is 15.9. The van der Waals surface area contributed by atoms with Crippen LogP contribution in [0.3, 0.4) is 0 Å². The first-order chi connectivity index (χ1) is 17.9. The molecule has 200 valence electrons. The van der Waals surface area contributed by atoms with Gasteiger partial charge in [0.25, 0.3) is 5.69 Å². The second kappa shape index (κ2) is 11.6. The molecule has 0 aliphatic carbocycles. The van der Waals surface area contributed by atoms with Crippen LogP contribution in [0.25, 0.3) is 0 Å². The number of nitrogens with zero attached hydrogens (tertiary/aromatic N) is 3. The van der Waals surface area contributed by atoms with Gasteiger partial charge >= 0.3 is 12.2 Å². The van der Waals surface area contributed by atoms with E-state index < -0.39 is 46.9 Å². The zero-order chi connectivity index (χ0) is 28.0. The van der Waals surface area contributed by atoms with E-state index in [9.17, 15) is 24.5 Å². The van der Waals surface area contributed by atoms with Crippen molar-refractivity contribution in [3.63, 3.8) is 0 Å². The highest BCUT2D eigenvalue weighted by Crippen LogP contribution is 2.26. The van der Waals surface area contributed by atoms with Gasteiger partial charge in [-0.1, -0.05) is 12.1 Å². The number of hydrogen-bond donors (Lipinski definition) is 1. The number of hydrogen-bond acceptors (Lipinski definition) is 9. The summed E-state index contributed by atoms with van der Waals surface area (Å²) in [5, 5.41) is 22.6. The first kappa shape index (κ1) is 27.9. The summed E-state index contributed by atoms with van der Waals surface area (Å²) in [5.74, 6) is -0.435. The lowest BCUT2D eigenvalue weighted by atomic mass is 10.1. The molecule has 3 atom stereocenters. The maximum atomic E-state index is 13.2. The van der Waals surface area contributed by atoms with Gasteiger partial charge in [-0.3, -0.25) is 19.8 Å². The number of rotatable bonds is 6. The lowest BCUT2D eigenvalue weighted by molar-refractivity contribution is -0.384. The Morgan fingerprint density at radius 3 is 2.32 bits per heavy atom. The molecule has 1 fully saturated rings. The van der Waals surface area contributed by atoms with Gasteiger partial charge in [-0.25, -0.2) is 9.59 Å². The number of nitro groups is 1. The van der Waals surface area contributed by atoms with Crippen LogP contribution in [0, 0.1) is 21.4 Å². The van der Waals surface area contributed by atoms with Gasteiger partial charge in [0.05, 0.1) is 29.1 Å². The fourth-order valence-electron chi connectivity index (χ4n) is 3.79. The topological polar surface area (TPSA) is 161 Å². The number of amides is 2. The van der Waals surface area contributed by atoms with Crippen molar-refractivity contribution < 1.29 is 33.5 Å². The number of nitriles is 1. The van der Waals surface area contributed by atoms with Gasteiger partial charge < -0.3 is 19.5 Å². The predicted molar refractivity (Wildman–Crippen MR) is 133 cm³/mol. The molecular formula is C26H28N4O8. The number of ether oxygens (including phenoxy) is 3. The minimum absolute atomic E-state index is 0.000524. The van der Waals surface area contributed by atoms with Crippen LogP contribution in [-0.4, -0.2) is 52.3 Å². The van der Waals surface area contributed by atoms with Gasteiger partial charge in [0, 0.05) is 18.6 Å². The molecule has 2 aromatic carbocycles. The molecule has 0 spiro atoms. The fourth-order valence-corrected chi connectivity index (χ4v) is 3.79. The Bertz CT molecular complexity index is 1230. The summed E-state index contributed by atoms with van der Waals surface area (Å²) in [6, 6.07) is 12.2. The Morgan fingerprint density at radius 1 is 1.13 bits per heavy atom. The molecule has 0 aromatic heterocycles. The van der Waals surface area contributed by atoms with Crippen molar-refractivity contribution in [1.82, 2.24) is 10.2 Å². The van der Waals surface area contributed by atoms with Crippen molar-refractivity contribution in [3.8, 4) is 11.8 Å². The van der Waals surface area contributed by atoms with Gasteiger partial charge in [-0.15, -0.1) is 0 Å². The second-order valence-corrected chi connectivity index (χ2v) is 9.69. The van der Waals surface area contributed by atoms with Gasteiger partial charge in [-0.05, 0) is 57.5 Å². The number of nitro benzene ring substituents is 1. The molecule has 1 N–H and O–H groups in total. The summed E-state index contributed by atoms with van der Waals surface area (Å²) in [6.07, 6.45) is -2.69. The molecule has 3 rings (SSSR count). The van der Waals surface area contributed by atoms with Gasteiger partial charge in [0.2, 0.25) is 5.91 Å². The molecule has 1 aliphatic heterocycles. The molecule has 0 bridgehead atoms. The summed E-state index contributed by atoms with van der Waals surface area (Å²) in [6.45, 7) is 6.74. The number of carbonyl (C=O) groups is 3. The SMILES string of the molecule is C[C@H](NC(=O)C1CC(OC(=O)Oc2ccc([N+](=O)[O-])cc2)CN1C(=O)OC(C)(C)C)c1ccc(C#N)cc1. The first-order valence-corrected chi connectivity index (χ1v) is 11.8. The van der Waals surface area contributed by atoms with E-state index in [4.69, 9.17) is 19.5 Å². The minimum Gasteiger partial charge on any atom is -0.444 e. The van der Waals surface area contributed by atoms with Crippen molar-refractivity contribution >= 4 is 23.8 Å². The maximum absolute atomic E-state index is 13.2. The molecule has 1 saturated heterocycles. The van der Waals surface area contributed by atoms with Crippen LogP contribution in [0.15, 0.2) is 48.5 Å². The van der Waals surface area contributed by atoms with Crippen LogP contribution in [-0.2, 0) is 14.3 Å². The van der Waals surface area contributed by atoms with Gasteiger partial charge in [0.1, 0.15) is 23.5 Å². The van der Waals surface area contributed by atoms with Crippen LogP contribution in [0.4, 0.5) is 15.3 Å². The summed E-state index contributed by atoms with van der Waals surface area (Å²) in [7, 11) is 0. The fraction of sp³-hybridized carbons (Fsp3) is 0.385. The minimum atomic E-state index is -1.08. The third-order valence-electron chi connectivity index (χ3n) is 5.60. The Kier molecular flexibility index (Phi) is 8.52. The molecule has 2 amide bonds. The van der Waals surface area contributed by atoms with Crippen molar-refractivity contribution in [2.45, 2.75) is 57.9 Å². The van der Waals surface area contributed by atoms with Crippen LogP contribution in [0.1, 0.15) is 51.3 Å². The maximum Gasteiger partial charge on any atom is 0.514 e. The van der Waals surface area contributed by atoms with Crippen LogP contribution < -0.4 is 10.1 Å². The van der Waals surface area contributed by atoms with E-state index in [1.165, 1.54) is 29.2 Å². The van der Waals surface area contributed by atoms with E-state index in [2.05, 4.69) is 5.32 Å². The number of carbonyl (C=O) groups excluding carboxylic acids is 3. The number of likely N-dealkylation sites (tertiary alicyclic amines) is 1. The first-order valence-electron chi connectivity index (χ1n) is 11.8. The number of benzene rings is 2. The molecular weight excluding hydrogens is 496 g/mol. The van der Waals surface area contributed by atoms with Crippen molar-refractivity contribution in [1.29, 1.82) is 5.26 Å². The van der Waals surface area contributed by atoms with Crippen molar-refractivity contribution in [3.05, 3.63) is 69.8 Å². The molecule has 1 heterocycles. The monoisotopic (exact) mass is 524 g/mol. The lowest BCUT2D eigenvalue weighted by Crippen LogP contribution is -2.48. The smallest absolute Gasteiger partial charge is 0.444 e. The quantitative estimate of drug-likeness (QED) is 0.252.